The maximum atomic E-state index is 12.4. The predicted octanol–water partition coefficient (Wildman–Crippen LogP) is 2.07. The molecule has 1 heterocycles. The van der Waals surface area contributed by atoms with Gasteiger partial charge in [0.05, 0.1) is 10.8 Å². The second-order valence-electron chi connectivity index (χ2n) is 6.81. The molecule has 0 spiro atoms. The highest BCUT2D eigenvalue weighted by molar-refractivity contribution is 7.89. The lowest BCUT2D eigenvalue weighted by Crippen LogP contribution is -2.47. The molecule has 2 N–H and O–H groups in total. The Balaban J connectivity index is 2.06. The Kier molecular flexibility index (Phi) is 6.61. The number of anilines is 1. The first-order valence-electron chi connectivity index (χ1n) is 8.61. The number of carbonyl (C=O) groups is 2. The van der Waals surface area contributed by atoms with E-state index in [1.807, 2.05) is 6.92 Å². The number of likely N-dealkylation sites (N-methyl/N-ethyl adjacent to an activating group) is 1. The fourth-order valence-electron chi connectivity index (χ4n) is 3.07. The van der Waals surface area contributed by atoms with E-state index in [4.69, 9.17) is 0 Å². The average Bonchev–Trinajstić information content (AvgIpc) is 2.61. The lowest BCUT2D eigenvalue weighted by Gasteiger charge is -2.34. The van der Waals surface area contributed by atoms with Crippen molar-refractivity contribution in [1.29, 1.82) is 0 Å². The zero-order valence-electron chi connectivity index (χ0n) is 15.5. The highest BCUT2D eigenvalue weighted by Gasteiger charge is 2.32. The molecule has 2 rings (SSSR count). The molecule has 148 valence electrons. The summed E-state index contributed by atoms with van der Waals surface area (Å²) in [5, 5.41) is 11.9. The Morgan fingerprint density at radius 1 is 1.33 bits per heavy atom. The van der Waals surface area contributed by atoms with E-state index in [1.54, 1.807) is 0 Å². The van der Waals surface area contributed by atoms with E-state index >= 15 is 0 Å². The van der Waals surface area contributed by atoms with Crippen molar-refractivity contribution >= 4 is 27.7 Å². The third-order valence-corrected chi connectivity index (χ3v) is 6.33. The van der Waals surface area contributed by atoms with Gasteiger partial charge in [-0.15, -0.1) is 6.58 Å². The third-order valence-electron chi connectivity index (χ3n) is 4.50. The van der Waals surface area contributed by atoms with Gasteiger partial charge in [-0.3, -0.25) is 4.79 Å². The highest BCUT2D eigenvalue weighted by atomic mass is 32.2. The summed E-state index contributed by atoms with van der Waals surface area (Å²) < 4.78 is 25.9. The first kappa shape index (κ1) is 20.9. The molecule has 0 bridgehead atoms. The van der Waals surface area contributed by atoms with Gasteiger partial charge in [-0.2, -0.15) is 4.31 Å². The number of likely N-dealkylation sites (tertiary alicyclic amines) is 1. The monoisotopic (exact) mass is 395 g/mol. The van der Waals surface area contributed by atoms with Gasteiger partial charge in [0, 0.05) is 32.4 Å². The fourth-order valence-corrected chi connectivity index (χ4v) is 4.21. The molecule has 1 aromatic carbocycles. The molecule has 1 fully saturated rings. The van der Waals surface area contributed by atoms with E-state index in [0.717, 1.165) is 0 Å². The molecule has 0 radical (unpaired) electrons. The number of urea groups is 1. The van der Waals surface area contributed by atoms with Crippen molar-refractivity contribution in [1.82, 2.24) is 9.21 Å². The number of amides is 2. The van der Waals surface area contributed by atoms with Gasteiger partial charge < -0.3 is 15.3 Å². The number of sulfonamides is 1. The van der Waals surface area contributed by atoms with Gasteiger partial charge >= 0.3 is 12.0 Å². The number of nitrogens with one attached hydrogen (secondary N) is 1. The van der Waals surface area contributed by atoms with Crippen LogP contribution in [0.25, 0.3) is 0 Å². The van der Waals surface area contributed by atoms with Crippen LogP contribution in [0, 0.1) is 11.8 Å². The highest BCUT2D eigenvalue weighted by Crippen LogP contribution is 2.23. The minimum atomic E-state index is -3.62. The summed E-state index contributed by atoms with van der Waals surface area (Å²) in [4.78, 5) is 25.3. The van der Waals surface area contributed by atoms with Crippen molar-refractivity contribution in [3.05, 3.63) is 36.9 Å². The van der Waals surface area contributed by atoms with Crippen molar-refractivity contribution in [3.8, 4) is 0 Å². The van der Waals surface area contributed by atoms with Crippen LogP contribution in [0.1, 0.15) is 13.3 Å². The van der Waals surface area contributed by atoms with Crippen LogP contribution in [0.5, 0.6) is 0 Å². The van der Waals surface area contributed by atoms with Crippen molar-refractivity contribution in [2.75, 3.05) is 32.0 Å². The van der Waals surface area contributed by atoms with Crippen LogP contribution in [0.3, 0.4) is 0 Å². The number of carboxylic acids is 1. The first-order chi connectivity index (χ1) is 12.6. The molecule has 0 saturated carbocycles. The molecule has 27 heavy (non-hydrogen) atoms. The van der Waals surface area contributed by atoms with Crippen LogP contribution in [-0.2, 0) is 14.8 Å². The lowest BCUT2D eigenvalue weighted by atomic mass is 9.91. The van der Waals surface area contributed by atoms with E-state index in [9.17, 15) is 23.1 Å². The lowest BCUT2D eigenvalue weighted by molar-refractivity contribution is -0.143. The van der Waals surface area contributed by atoms with E-state index in [2.05, 4.69) is 11.9 Å². The zero-order valence-corrected chi connectivity index (χ0v) is 16.3. The summed E-state index contributed by atoms with van der Waals surface area (Å²) >= 11 is 0. The maximum Gasteiger partial charge on any atom is 0.321 e. The molecule has 2 atom stereocenters. The Bertz CT molecular complexity index is 807. The van der Waals surface area contributed by atoms with Gasteiger partial charge in [0.1, 0.15) is 0 Å². The van der Waals surface area contributed by atoms with Crippen LogP contribution in [-0.4, -0.2) is 61.4 Å². The summed E-state index contributed by atoms with van der Waals surface area (Å²) in [7, 11) is -2.16. The summed E-state index contributed by atoms with van der Waals surface area (Å²) in [5.41, 5.74) is 0.440. The molecular formula is C18H25N3O5S. The summed E-state index contributed by atoms with van der Waals surface area (Å²) in [6.45, 7) is 6.27. The molecule has 1 aromatic rings. The van der Waals surface area contributed by atoms with E-state index in [0.29, 0.717) is 18.7 Å². The third kappa shape index (κ3) is 5.08. The number of hydrogen-bond donors (Lipinski definition) is 2. The van der Waals surface area contributed by atoms with Crippen LogP contribution in [0.4, 0.5) is 10.5 Å². The second kappa shape index (κ2) is 8.53. The number of rotatable bonds is 6. The number of aliphatic carboxylic acids is 1. The zero-order chi connectivity index (χ0) is 20.2. The molecule has 9 heteroatoms. The Hall–Kier alpha value is -2.39. The van der Waals surface area contributed by atoms with Crippen molar-refractivity contribution in [2.45, 2.75) is 18.2 Å². The SMILES string of the molecule is C=CCN(C)S(=O)(=O)c1ccc(NC(=O)N2CC(C)CC(C(=O)O)C2)cc1. The number of hydrogen-bond acceptors (Lipinski definition) is 4. The minimum absolute atomic E-state index is 0.0958. The van der Waals surface area contributed by atoms with Gasteiger partial charge in [0.25, 0.3) is 0 Å². The van der Waals surface area contributed by atoms with E-state index < -0.39 is 27.9 Å². The van der Waals surface area contributed by atoms with Crippen molar-refractivity contribution in [3.63, 3.8) is 0 Å². The Labute approximate surface area is 159 Å². The van der Waals surface area contributed by atoms with E-state index in [1.165, 1.54) is 46.6 Å². The normalized spacial score (nSPS) is 20.3. The number of carboxylic acid groups (broad SMARTS) is 1. The van der Waals surface area contributed by atoms with Crippen molar-refractivity contribution in [2.24, 2.45) is 11.8 Å². The van der Waals surface area contributed by atoms with Gasteiger partial charge in [-0.1, -0.05) is 13.0 Å². The number of piperidine rings is 1. The number of carbonyl (C=O) groups excluding carboxylic acids is 1. The molecule has 2 amide bonds. The van der Waals surface area contributed by atoms with Gasteiger partial charge in [0.15, 0.2) is 0 Å². The van der Waals surface area contributed by atoms with Gasteiger partial charge in [-0.05, 0) is 36.6 Å². The molecule has 1 aliphatic rings. The van der Waals surface area contributed by atoms with Gasteiger partial charge in [-0.25, -0.2) is 13.2 Å². The summed E-state index contributed by atoms with van der Waals surface area (Å²) in [6, 6.07) is 5.46. The smallest absolute Gasteiger partial charge is 0.321 e. The van der Waals surface area contributed by atoms with Crippen LogP contribution in [0.15, 0.2) is 41.8 Å². The first-order valence-corrected chi connectivity index (χ1v) is 10.0. The van der Waals surface area contributed by atoms with E-state index in [-0.39, 0.29) is 23.9 Å². The molecule has 0 aromatic heterocycles. The number of nitrogens with zero attached hydrogens (tertiary/aromatic N) is 2. The van der Waals surface area contributed by atoms with Crippen LogP contribution in [0.2, 0.25) is 0 Å². The maximum absolute atomic E-state index is 12.4. The standard InChI is InChI=1S/C18H25N3O5S/c1-4-9-20(3)27(25,26)16-7-5-15(6-8-16)19-18(24)21-11-13(2)10-14(12-21)17(22)23/h4-8,13-14H,1,9-12H2,2-3H3,(H,19,24)(H,22,23). The predicted molar refractivity (Wildman–Crippen MR) is 102 cm³/mol. The minimum Gasteiger partial charge on any atom is -0.481 e. The fraction of sp³-hybridized carbons (Fsp3) is 0.444. The Morgan fingerprint density at radius 3 is 2.52 bits per heavy atom. The van der Waals surface area contributed by atoms with Gasteiger partial charge in [0.2, 0.25) is 10.0 Å². The topological polar surface area (TPSA) is 107 Å². The van der Waals surface area contributed by atoms with Crippen LogP contribution >= 0.6 is 0 Å². The van der Waals surface area contributed by atoms with Crippen molar-refractivity contribution < 1.29 is 23.1 Å². The second-order valence-corrected chi connectivity index (χ2v) is 8.85. The van der Waals surface area contributed by atoms with Crippen LogP contribution < -0.4 is 5.32 Å². The summed E-state index contributed by atoms with van der Waals surface area (Å²) in [5.74, 6) is -1.39. The molecule has 0 aliphatic carbocycles. The molecule has 1 aliphatic heterocycles. The molecular weight excluding hydrogens is 370 g/mol. The Morgan fingerprint density at radius 2 is 1.96 bits per heavy atom. The largest absolute Gasteiger partial charge is 0.481 e. The molecule has 2 unspecified atom stereocenters. The molecule has 1 saturated heterocycles. The summed E-state index contributed by atoms with van der Waals surface area (Å²) in [6.07, 6.45) is 2.04. The molecule has 8 nitrogen and oxygen atoms in total. The number of benzene rings is 1. The average molecular weight is 395 g/mol. The quantitative estimate of drug-likeness (QED) is 0.717.